The minimum absolute atomic E-state index is 0.00553. The molecule has 0 fully saturated rings. The van der Waals surface area contributed by atoms with Gasteiger partial charge >= 0.3 is 19.8 Å². The molecule has 332 valence electrons. The summed E-state index contributed by atoms with van der Waals surface area (Å²) in [5.41, 5.74) is 0. The number of aliphatic hydroxyl groups excluding tert-OH is 1. The Bertz CT molecular complexity index is 1320. The number of phosphoric acid groups is 1. The van der Waals surface area contributed by atoms with Gasteiger partial charge in [0.2, 0.25) is 0 Å². The van der Waals surface area contributed by atoms with Crippen LogP contribution in [-0.2, 0) is 37.5 Å². The first kappa shape index (κ1) is 53.4. The van der Waals surface area contributed by atoms with E-state index in [9.17, 15) is 28.9 Å². The third kappa shape index (κ3) is 30.4. The summed E-state index contributed by atoms with van der Waals surface area (Å²) in [4.78, 5) is 47.9. The van der Waals surface area contributed by atoms with Crippen molar-refractivity contribution in [1.29, 1.82) is 0 Å². The summed E-state index contributed by atoms with van der Waals surface area (Å²) in [6.45, 7) is 4.03. The second kappa shape index (κ2) is 33.1. The third-order valence-electron chi connectivity index (χ3n) is 9.77. The number of aliphatic hydroxyl groups is 1. The molecule has 0 saturated carbocycles. The molecule has 1 aliphatic carbocycles. The molecule has 0 saturated heterocycles. The summed E-state index contributed by atoms with van der Waals surface area (Å²) in [6, 6.07) is 0. The molecule has 0 aromatic rings. The quantitative estimate of drug-likeness (QED) is 0.0206. The summed E-state index contributed by atoms with van der Waals surface area (Å²) >= 11 is 0. The lowest BCUT2D eigenvalue weighted by Gasteiger charge is -2.24. The molecule has 1 rings (SSSR count). The number of ketones is 1. The lowest BCUT2D eigenvalue weighted by Crippen LogP contribution is -2.37. The highest BCUT2D eigenvalue weighted by Gasteiger charge is 2.28. The molecule has 1 aliphatic rings. The molecule has 0 heterocycles. The van der Waals surface area contributed by atoms with Crippen molar-refractivity contribution in [3.05, 3.63) is 60.8 Å². The zero-order valence-electron chi connectivity index (χ0n) is 36.6. The number of carbonyl (C=O) groups is 3. The second-order valence-corrected chi connectivity index (χ2v) is 17.8. The molecule has 0 radical (unpaired) electrons. The average Bonchev–Trinajstić information content (AvgIpc) is 3.52. The maximum Gasteiger partial charge on any atom is 0.472 e. The van der Waals surface area contributed by atoms with Gasteiger partial charge in [0.05, 0.1) is 33.9 Å². The standard InChI is InChI=1S/C46H78NO10P/c1-6-8-10-11-12-13-14-15-16-17-18-19-20-21-27-31-46(51)57-42(39-56-58(52,53)55-37-36-47(3,4)5)38-54-45(50)30-26-23-22-25-28-40-32-35-44(49)43(40)34-33-41(48)29-24-9-7-2/h12-13,15-16,22,25,32-35,40-43,48H,6-11,14,17-21,23-24,26-31,36-39H2,1-5H3/p+1/b13-12-,16-15-,25-22-,34-33+/t40-,41-,42+,43+/m0/s1. The molecule has 11 nitrogen and oxygen atoms in total. The highest BCUT2D eigenvalue weighted by atomic mass is 31.2. The Hall–Kier alpha value is -2.66. The van der Waals surface area contributed by atoms with Gasteiger partial charge in [-0.1, -0.05) is 120 Å². The molecule has 0 aromatic carbocycles. The number of ether oxygens (including phenoxy) is 2. The van der Waals surface area contributed by atoms with Crippen molar-refractivity contribution in [2.45, 2.75) is 154 Å². The predicted octanol–water partition coefficient (Wildman–Crippen LogP) is 10.1. The Morgan fingerprint density at radius 1 is 0.793 bits per heavy atom. The summed E-state index contributed by atoms with van der Waals surface area (Å²) in [5, 5.41) is 10.2. The van der Waals surface area contributed by atoms with Crippen LogP contribution in [0.25, 0.3) is 0 Å². The van der Waals surface area contributed by atoms with Crippen molar-refractivity contribution in [2.75, 3.05) is 47.5 Å². The van der Waals surface area contributed by atoms with Crippen LogP contribution in [0.1, 0.15) is 142 Å². The lowest BCUT2D eigenvalue weighted by molar-refractivity contribution is -0.870. The fourth-order valence-electron chi connectivity index (χ4n) is 6.15. The van der Waals surface area contributed by atoms with Gasteiger partial charge in [-0.15, -0.1) is 0 Å². The molecule has 58 heavy (non-hydrogen) atoms. The average molecular weight is 837 g/mol. The zero-order valence-corrected chi connectivity index (χ0v) is 37.5. The van der Waals surface area contributed by atoms with Crippen molar-refractivity contribution in [3.63, 3.8) is 0 Å². The number of allylic oxidation sites excluding steroid dienone is 9. The van der Waals surface area contributed by atoms with Crippen LogP contribution in [0, 0.1) is 11.8 Å². The van der Waals surface area contributed by atoms with E-state index in [2.05, 4.69) is 38.2 Å². The first-order valence-corrected chi connectivity index (χ1v) is 23.6. The fraction of sp³-hybridized carbons (Fsp3) is 0.717. The Balaban J connectivity index is 2.48. The first-order valence-electron chi connectivity index (χ1n) is 22.1. The number of esters is 2. The number of quaternary nitrogens is 1. The van der Waals surface area contributed by atoms with Gasteiger partial charge in [-0.2, -0.15) is 0 Å². The number of carbonyl (C=O) groups excluding carboxylic acids is 3. The number of hydrogen-bond donors (Lipinski definition) is 2. The van der Waals surface area contributed by atoms with Gasteiger partial charge in [0.15, 0.2) is 11.9 Å². The number of likely N-dealkylation sites (N-methyl/N-ethyl adjacent to an activating group) is 1. The largest absolute Gasteiger partial charge is 0.472 e. The molecule has 0 bridgehead atoms. The highest BCUT2D eigenvalue weighted by molar-refractivity contribution is 7.47. The molecular weight excluding hydrogens is 757 g/mol. The molecule has 12 heteroatoms. The van der Waals surface area contributed by atoms with Crippen LogP contribution >= 0.6 is 7.82 Å². The highest BCUT2D eigenvalue weighted by Crippen LogP contribution is 2.43. The Morgan fingerprint density at radius 3 is 2.12 bits per heavy atom. The molecule has 2 N–H and O–H groups in total. The zero-order chi connectivity index (χ0) is 42.9. The molecule has 1 unspecified atom stereocenters. The molecule has 0 amide bonds. The number of rotatable bonds is 36. The lowest BCUT2D eigenvalue weighted by atomic mass is 9.90. The van der Waals surface area contributed by atoms with E-state index < -0.39 is 38.6 Å². The molecule has 0 aromatic heterocycles. The van der Waals surface area contributed by atoms with Gasteiger partial charge in [-0.3, -0.25) is 23.4 Å². The van der Waals surface area contributed by atoms with Crippen molar-refractivity contribution in [1.82, 2.24) is 0 Å². The van der Waals surface area contributed by atoms with Gasteiger partial charge in [0.1, 0.15) is 19.8 Å². The fourth-order valence-corrected chi connectivity index (χ4v) is 6.89. The van der Waals surface area contributed by atoms with E-state index in [1.54, 1.807) is 12.2 Å². The van der Waals surface area contributed by atoms with E-state index >= 15 is 0 Å². The van der Waals surface area contributed by atoms with Crippen LogP contribution in [0.15, 0.2) is 60.8 Å². The van der Waals surface area contributed by atoms with Crippen LogP contribution in [0.4, 0.5) is 0 Å². The molecule has 5 atom stereocenters. The van der Waals surface area contributed by atoms with Crippen LogP contribution in [0.3, 0.4) is 0 Å². The Morgan fingerprint density at radius 2 is 1.41 bits per heavy atom. The number of phosphoric ester groups is 1. The van der Waals surface area contributed by atoms with E-state index in [1.807, 2.05) is 45.4 Å². The smallest absolute Gasteiger partial charge is 0.462 e. The Kier molecular flexibility index (Phi) is 30.5. The van der Waals surface area contributed by atoms with Gasteiger partial charge < -0.3 is 24.0 Å². The maximum atomic E-state index is 12.7. The number of hydrogen-bond acceptors (Lipinski definition) is 9. The topological polar surface area (TPSA) is 146 Å². The van der Waals surface area contributed by atoms with E-state index in [0.29, 0.717) is 43.1 Å². The van der Waals surface area contributed by atoms with Crippen LogP contribution < -0.4 is 0 Å². The van der Waals surface area contributed by atoms with Gasteiger partial charge in [0.25, 0.3) is 0 Å². The number of nitrogens with zero attached hydrogens (tertiary/aromatic N) is 1. The van der Waals surface area contributed by atoms with Crippen LogP contribution in [0.5, 0.6) is 0 Å². The summed E-state index contributed by atoms with van der Waals surface area (Å²) in [7, 11) is 1.35. The van der Waals surface area contributed by atoms with E-state index in [1.165, 1.54) is 19.3 Å². The van der Waals surface area contributed by atoms with Gasteiger partial charge in [0, 0.05) is 18.8 Å². The normalized spacial score (nSPS) is 18.2. The van der Waals surface area contributed by atoms with Crippen LogP contribution in [-0.4, -0.2) is 91.9 Å². The minimum atomic E-state index is -4.43. The first-order chi connectivity index (χ1) is 27.8. The van der Waals surface area contributed by atoms with E-state index in [4.69, 9.17) is 18.5 Å². The predicted molar refractivity (Wildman–Crippen MR) is 233 cm³/mol. The SMILES string of the molecule is CCCCC/C=C\C/C=C\CCCCCCCC(=O)O[C@H](COC(=O)CCC/C=C\C[C@H]1C=CC(=O)[C@@H]1/C=C/[C@@H](O)CCCCC)COP(=O)(O)OCC[N+](C)(C)C. The van der Waals surface area contributed by atoms with Crippen molar-refractivity contribution in [3.8, 4) is 0 Å². The summed E-state index contributed by atoms with van der Waals surface area (Å²) in [5.74, 6) is -1.17. The molecule has 0 spiro atoms. The third-order valence-corrected chi connectivity index (χ3v) is 10.8. The summed E-state index contributed by atoms with van der Waals surface area (Å²) < 4.78 is 34.2. The Labute approximate surface area is 351 Å². The molecule has 0 aliphatic heterocycles. The van der Waals surface area contributed by atoms with Crippen molar-refractivity contribution in [2.24, 2.45) is 11.8 Å². The van der Waals surface area contributed by atoms with Crippen molar-refractivity contribution >= 4 is 25.5 Å². The molecular formula is C46H79NO10P+. The maximum absolute atomic E-state index is 12.7. The monoisotopic (exact) mass is 837 g/mol. The summed E-state index contributed by atoms with van der Waals surface area (Å²) in [6.07, 6.45) is 36.1. The van der Waals surface area contributed by atoms with Crippen LogP contribution in [0.2, 0.25) is 0 Å². The van der Waals surface area contributed by atoms with Gasteiger partial charge in [-0.25, -0.2) is 4.57 Å². The second-order valence-electron chi connectivity index (χ2n) is 16.4. The van der Waals surface area contributed by atoms with Crippen molar-refractivity contribution < 1.29 is 52.0 Å². The van der Waals surface area contributed by atoms with E-state index in [0.717, 1.165) is 64.2 Å². The van der Waals surface area contributed by atoms with E-state index in [-0.39, 0.29) is 43.7 Å². The van der Waals surface area contributed by atoms with Gasteiger partial charge in [-0.05, 0) is 76.2 Å². The minimum Gasteiger partial charge on any atom is -0.462 e. The number of unbranched alkanes of at least 4 members (excludes halogenated alkanes) is 11.